The zero-order valence-electron chi connectivity index (χ0n) is 14.8. The van der Waals surface area contributed by atoms with Gasteiger partial charge in [-0.1, -0.05) is 60.2 Å². The van der Waals surface area contributed by atoms with Crippen LogP contribution in [-0.4, -0.2) is 24.5 Å². The van der Waals surface area contributed by atoms with Crippen molar-refractivity contribution < 1.29 is 13.2 Å². The van der Waals surface area contributed by atoms with E-state index in [1.807, 2.05) is 43.3 Å². The molecule has 1 aliphatic heterocycles. The molecule has 0 fully saturated rings. The van der Waals surface area contributed by atoms with Gasteiger partial charge in [0, 0.05) is 18.2 Å². The summed E-state index contributed by atoms with van der Waals surface area (Å²) in [6.07, 6.45) is 5.21. The van der Waals surface area contributed by atoms with Crippen molar-refractivity contribution in [3.63, 3.8) is 0 Å². The average molecular weight is 367 g/mol. The first-order chi connectivity index (χ1) is 12.4. The minimum Gasteiger partial charge on any atom is -0.294 e. The second-order valence-corrected chi connectivity index (χ2v) is 8.27. The number of allylic oxidation sites excluding steroid dienone is 1. The highest BCUT2D eigenvalue weighted by atomic mass is 32.2. The number of Topliss-reactive ketones (excluding diaryl/α,β-unsaturated/α-hetero) is 1. The number of hydrogen-bond acceptors (Lipinski definition) is 3. The van der Waals surface area contributed by atoms with Crippen LogP contribution in [0.3, 0.4) is 0 Å². The average Bonchev–Trinajstić information content (AvgIpc) is 2.63. The third-order valence-corrected chi connectivity index (χ3v) is 6.19. The maximum atomic E-state index is 13.1. The molecule has 0 radical (unpaired) electrons. The highest BCUT2D eigenvalue weighted by Gasteiger charge is 2.33. The van der Waals surface area contributed by atoms with E-state index >= 15 is 0 Å². The summed E-state index contributed by atoms with van der Waals surface area (Å²) in [5.41, 5.74) is 2.40. The zero-order chi connectivity index (χ0) is 18.7. The Bertz CT molecular complexity index is 958. The number of carbonyl (C=O) groups excluding carboxylic acids is 1. The van der Waals surface area contributed by atoms with E-state index in [0.29, 0.717) is 5.57 Å². The normalized spacial score (nSPS) is 18.2. The Balaban J connectivity index is 1.98. The molecule has 2 aromatic carbocycles. The fraction of sp³-hybridized carbons (Fsp3) is 0.190. The van der Waals surface area contributed by atoms with Gasteiger partial charge in [-0.3, -0.25) is 9.10 Å². The lowest BCUT2D eigenvalue weighted by atomic mass is 10.0. The van der Waals surface area contributed by atoms with Crippen LogP contribution in [0.4, 0.5) is 0 Å². The molecule has 0 saturated heterocycles. The van der Waals surface area contributed by atoms with E-state index in [2.05, 4.69) is 0 Å². The van der Waals surface area contributed by atoms with E-state index < -0.39 is 16.1 Å². The first-order valence-corrected chi connectivity index (χ1v) is 9.87. The fourth-order valence-electron chi connectivity index (χ4n) is 2.82. The van der Waals surface area contributed by atoms with E-state index in [1.54, 1.807) is 37.3 Å². The third kappa shape index (κ3) is 3.78. The van der Waals surface area contributed by atoms with Crippen molar-refractivity contribution >= 4 is 21.9 Å². The summed E-state index contributed by atoms with van der Waals surface area (Å²) in [4.78, 5) is 12.4. The van der Waals surface area contributed by atoms with E-state index in [4.69, 9.17) is 0 Å². The van der Waals surface area contributed by atoms with Crippen LogP contribution < -0.4 is 0 Å². The van der Waals surface area contributed by atoms with Gasteiger partial charge in [-0.2, -0.15) is 0 Å². The summed E-state index contributed by atoms with van der Waals surface area (Å²) < 4.78 is 27.5. The molecule has 4 nitrogen and oxygen atoms in total. The van der Waals surface area contributed by atoms with Gasteiger partial charge < -0.3 is 0 Å². The lowest BCUT2D eigenvalue weighted by Crippen LogP contribution is -2.40. The molecule has 0 saturated carbocycles. The highest BCUT2D eigenvalue weighted by Crippen LogP contribution is 2.27. The molecule has 26 heavy (non-hydrogen) atoms. The minimum absolute atomic E-state index is 0.0388. The number of nitrogens with zero attached hydrogens (tertiary/aromatic N) is 1. The molecule has 134 valence electrons. The van der Waals surface area contributed by atoms with Crippen LogP contribution in [0, 0.1) is 6.92 Å². The number of hydrogen-bond donors (Lipinski definition) is 0. The molecule has 5 heteroatoms. The van der Waals surface area contributed by atoms with Crippen molar-refractivity contribution in [3.8, 4) is 0 Å². The Hall–Kier alpha value is -2.66. The summed E-state index contributed by atoms with van der Waals surface area (Å²) in [6.45, 7) is 3.56. The maximum Gasteiger partial charge on any atom is 0.264 e. The number of sulfonamides is 1. The number of rotatable bonds is 4. The van der Waals surface area contributed by atoms with Crippen molar-refractivity contribution in [1.82, 2.24) is 4.31 Å². The molecule has 2 aromatic rings. The summed E-state index contributed by atoms with van der Waals surface area (Å²) in [6, 6.07) is 15.8. The van der Waals surface area contributed by atoms with Crippen molar-refractivity contribution in [3.05, 3.63) is 83.6 Å². The predicted octanol–water partition coefficient (Wildman–Crippen LogP) is 3.94. The van der Waals surface area contributed by atoms with Gasteiger partial charge in [0.25, 0.3) is 10.0 Å². The van der Waals surface area contributed by atoms with Crippen LogP contribution in [-0.2, 0) is 14.8 Å². The van der Waals surface area contributed by atoms with Gasteiger partial charge in [-0.25, -0.2) is 8.42 Å². The van der Waals surface area contributed by atoms with Gasteiger partial charge in [0.05, 0.1) is 10.9 Å². The van der Waals surface area contributed by atoms with Crippen LogP contribution in [0.25, 0.3) is 6.08 Å². The van der Waals surface area contributed by atoms with Crippen LogP contribution >= 0.6 is 0 Å². The second kappa shape index (κ2) is 7.30. The monoisotopic (exact) mass is 367 g/mol. The lowest BCUT2D eigenvalue weighted by molar-refractivity contribution is -0.116. The highest BCUT2D eigenvalue weighted by molar-refractivity contribution is 7.89. The van der Waals surface area contributed by atoms with E-state index in [0.717, 1.165) is 11.1 Å². The van der Waals surface area contributed by atoms with Gasteiger partial charge in [-0.05, 0) is 31.5 Å². The van der Waals surface area contributed by atoms with Gasteiger partial charge >= 0.3 is 0 Å². The van der Waals surface area contributed by atoms with Crippen LogP contribution in [0.1, 0.15) is 24.5 Å². The predicted molar refractivity (Wildman–Crippen MR) is 103 cm³/mol. The van der Waals surface area contributed by atoms with Crippen LogP contribution in [0.2, 0.25) is 0 Å². The van der Waals surface area contributed by atoms with E-state index in [1.165, 1.54) is 10.5 Å². The second-order valence-electron chi connectivity index (χ2n) is 6.42. The molecule has 0 aliphatic carbocycles. The summed E-state index contributed by atoms with van der Waals surface area (Å²) in [5, 5.41) is 0. The third-order valence-electron chi connectivity index (χ3n) is 4.39. The van der Waals surface area contributed by atoms with Crippen LogP contribution in [0.15, 0.2) is 77.3 Å². The molecular formula is C21H21NO3S. The van der Waals surface area contributed by atoms with Gasteiger partial charge in [0.2, 0.25) is 0 Å². The van der Waals surface area contributed by atoms with Crippen LogP contribution in [0.5, 0.6) is 0 Å². The van der Waals surface area contributed by atoms with E-state index in [9.17, 15) is 13.2 Å². The Labute approximate surface area is 154 Å². The summed E-state index contributed by atoms with van der Waals surface area (Å²) in [7, 11) is -3.74. The van der Waals surface area contributed by atoms with Crippen molar-refractivity contribution in [2.75, 3.05) is 0 Å². The first-order valence-electron chi connectivity index (χ1n) is 8.43. The zero-order valence-corrected chi connectivity index (χ0v) is 15.6. The van der Waals surface area contributed by atoms with Gasteiger partial charge in [0.1, 0.15) is 0 Å². The molecule has 1 aliphatic rings. The van der Waals surface area contributed by atoms with Crippen molar-refractivity contribution in [2.24, 2.45) is 0 Å². The quantitative estimate of drug-likeness (QED) is 0.822. The van der Waals surface area contributed by atoms with Gasteiger partial charge in [0.15, 0.2) is 5.78 Å². The van der Waals surface area contributed by atoms with E-state index in [-0.39, 0.29) is 17.1 Å². The molecule has 0 spiro atoms. The molecule has 0 unspecified atom stereocenters. The molecule has 1 atom stereocenters. The Morgan fingerprint density at radius 2 is 1.65 bits per heavy atom. The first kappa shape index (κ1) is 18.1. The topological polar surface area (TPSA) is 54.5 Å². The standard InChI is InChI=1S/C21H21NO3S/c1-16-8-12-20(13-9-16)26(24,25)22-15-17(2)21(23)14-19(22)11-10-18-6-4-3-5-7-18/h3-13,15,19H,14H2,1-2H3/b11-10-/t19-/m0/s1. The molecule has 1 heterocycles. The summed E-state index contributed by atoms with van der Waals surface area (Å²) >= 11 is 0. The molecular weight excluding hydrogens is 346 g/mol. The Kier molecular flexibility index (Phi) is 5.09. The molecule has 0 aromatic heterocycles. The Morgan fingerprint density at radius 1 is 1.00 bits per heavy atom. The molecule has 3 rings (SSSR count). The minimum atomic E-state index is -3.74. The molecule has 0 N–H and O–H groups in total. The molecule has 0 amide bonds. The summed E-state index contributed by atoms with van der Waals surface area (Å²) in [5.74, 6) is -0.0388. The Morgan fingerprint density at radius 3 is 2.31 bits per heavy atom. The smallest absolute Gasteiger partial charge is 0.264 e. The fourth-order valence-corrected chi connectivity index (χ4v) is 4.34. The van der Waals surface area contributed by atoms with Gasteiger partial charge in [-0.15, -0.1) is 0 Å². The lowest BCUT2D eigenvalue weighted by Gasteiger charge is -2.31. The largest absolute Gasteiger partial charge is 0.294 e. The van der Waals surface area contributed by atoms with Crippen molar-refractivity contribution in [2.45, 2.75) is 31.2 Å². The maximum absolute atomic E-state index is 13.1. The van der Waals surface area contributed by atoms with Crippen molar-refractivity contribution in [1.29, 1.82) is 0 Å². The number of aryl methyl sites for hydroxylation is 1. The molecule has 0 bridgehead atoms. The number of carbonyl (C=O) groups is 1. The number of benzene rings is 2. The SMILES string of the molecule is CC1=CN(S(=O)(=O)c2ccc(C)cc2)[C@@H](/C=C\c2ccccc2)CC1=O. The number of ketones is 1.